The Hall–Kier alpha value is -6.37. The van der Waals surface area contributed by atoms with Gasteiger partial charge in [0.25, 0.3) is 11.8 Å². The maximum absolute atomic E-state index is 13.5. The number of carboxylic acid groups (broad SMARTS) is 1. The Morgan fingerprint density at radius 2 is 1.14 bits per heavy atom. The molecule has 0 spiro atoms. The van der Waals surface area contributed by atoms with Crippen LogP contribution < -0.4 is 40.4 Å². The molecule has 2 aromatic rings. The van der Waals surface area contributed by atoms with E-state index in [0.717, 1.165) is 27.7 Å². The SMILES string of the molecule is CC(=O)Oc1cccc(C(=O)NCCC[C@@H](NC(=O)c2cccc(OC(C)=O)c2OC(C)=O)C(=O)N[C@@H](CCC(=O)NO)C(=O)O)c1OC(C)=O. The molecule has 0 radical (unpaired) electrons. The fourth-order valence-electron chi connectivity index (χ4n) is 4.33. The van der Waals surface area contributed by atoms with Crippen molar-refractivity contribution in [2.75, 3.05) is 6.54 Å². The first kappa shape index (κ1) is 40.8. The minimum Gasteiger partial charge on any atom is -0.480 e. The zero-order chi connectivity index (χ0) is 38.2. The lowest BCUT2D eigenvalue weighted by molar-refractivity contribution is -0.142. The molecule has 19 heteroatoms. The molecule has 274 valence electrons. The van der Waals surface area contributed by atoms with Crippen LogP contribution in [0.4, 0.5) is 0 Å². The summed E-state index contributed by atoms with van der Waals surface area (Å²) in [5.74, 6) is -9.72. The lowest BCUT2D eigenvalue weighted by atomic mass is 10.1. The normalized spacial score (nSPS) is 11.5. The van der Waals surface area contributed by atoms with Crippen LogP contribution in [-0.2, 0) is 33.6 Å². The summed E-state index contributed by atoms with van der Waals surface area (Å²) in [6, 6.07) is 4.59. The molecule has 0 heterocycles. The van der Waals surface area contributed by atoms with E-state index < -0.39 is 84.2 Å². The molecule has 51 heavy (non-hydrogen) atoms. The van der Waals surface area contributed by atoms with Crippen LogP contribution in [-0.4, -0.2) is 82.4 Å². The van der Waals surface area contributed by atoms with Crippen molar-refractivity contribution in [1.82, 2.24) is 21.4 Å². The summed E-state index contributed by atoms with van der Waals surface area (Å²) in [5, 5.41) is 25.5. The van der Waals surface area contributed by atoms with E-state index in [2.05, 4.69) is 16.0 Å². The zero-order valence-corrected chi connectivity index (χ0v) is 27.9. The van der Waals surface area contributed by atoms with Gasteiger partial charge in [-0.3, -0.25) is 43.6 Å². The molecule has 0 aliphatic carbocycles. The van der Waals surface area contributed by atoms with E-state index in [1.807, 2.05) is 0 Å². The van der Waals surface area contributed by atoms with Gasteiger partial charge < -0.3 is 40.0 Å². The number of hydrogen-bond acceptors (Lipinski definition) is 14. The summed E-state index contributed by atoms with van der Waals surface area (Å²) in [5.41, 5.74) is 0.833. The molecule has 2 atom stereocenters. The van der Waals surface area contributed by atoms with Gasteiger partial charge in [-0.15, -0.1) is 0 Å². The van der Waals surface area contributed by atoms with E-state index >= 15 is 0 Å². The van der Waals surface area contributed by atoms with Crippen molar-refractivity contribution in [3.63, 3.8) is 0 Å². The van der Waals surface area contributed by atoms with Gasteiger partial charge in [0.05, 0.1) is 11.1 Å². The number of rotatable bonds is 17. The fraction of sp³-hybridized carbons (Fsp3) is 0.344. The Balaban J connectivity index is 2.34. The Labute approximate surface area is 289 Å². The Kier molecular flexibility index (Phi) is 15.7. The van der Waals surface area contributed by atoms with Crippen LogP contribution in [0, 0.1) is 0 Å². The Morgan fingerprint density at radius 1 is 0.647 bits per heavy atom. The van der Waals surface area contributed by atoms with Gasteiger partial charge in [0.15, 0.2) is 23.0 Å². The molecule has 19 nitrogen and oxygen atoms in total. The van der Waals surface area contributed by atoms with Gasteiger partial charge in [0, 0.05) is 40.7 Å². The molecular weight excluding hydrogens is 680 g/mol. The van der Waals surface area contributed by atoms with Gasteiger partial charge in [-0.25, -0.2) is 10.3 Å². The van der Waals surface area contributed by atoms with Crippen molar-refractivity contribution < 1.29 is 72.4 Å². The van der Waals surface area contributed by atoms with Crippen molar-refractivity contribution in [2.24, 2.45) is 0 Å². The molecule has 0 saturated heterocycles. The van der Waals surface area contributed by atoms with Gasteiger partial charge in [0.2, 0.25) is 11.8 Å². The zero-order valence-electron chi connectivity index (χ0n) is 27.9. The second-order valence-corrected chi connectivity index (χ2v) is 10.5. The summed E-state index contributed by atoms with van der Waals surface area (Å²) in [4.78, 5) is 110. The smallest absolute Gasteiger partial charge is 0.326 e. The first-order valence-corrected chi connectivity index (χ1v) is 15.1. The standard InChI is InChI=1S/C32H36N4O15/c1-16(37)48-24-11-5-8-20(27(24)50-18(3)39)29(42)33-15-7-10-22(31(44)35-23(32(45)46)13-14-26(41)36-47)34-30(43)21-9-6-12-25(49-17(2)38)28(21)51-19(4)40/h5-6,8-9,11-12,22-23,47H,7,10,13-15H2,1-4H3,(H,33,42)(H,34,43)(H,35,44)(H,36,41)(H,45,46)/t22-,23+/m1/s1. The van der Waals surface area contributed by atoms with Crippen LogP contribution in [0.5, 0.6) is 23.0 Å². The topological polar surface area (TPSA) is 279 Å². The van der Waals surface area contributed by atoms with Gasteiger partial charge in [-0.1, -0.05) is 12.1 Å². The molecule has 0 saturated carbocycles. The summed E-state index contributed by atoms with van der Waals surface area (Å²) in [7, 11) is 0. The molecular formula is C32H36N4O15. The minimum absolute atomic E-state index is 0.0361. The van der Waals surface area contributed by atoms with E-state index in [1.165, 1.54) is 41.9 Å². The van der Waals surface area contributed by atoms with Gasteiger partial charge >= 0.3 is 29.8 Å². The second kappa shape index (κ2) is 19.6. The average Bonchev–Trinajstić information content (AvgIpc) is 3.04. The monoisotopic (exact) mass is 716 g/mol. The number of hydrogen-bond donors (Lipinski definition) is 6. The van der Waals surface area contributed by atoms with Gasteiger partial charge in [-0.2, -0.15) is 0 Å². The van der Waals surface area contributed by atoms with Crippen LogP contribution >= 0.6 is 0 Å². The van der Waals surface area contributed by atoms with Crippen LogP contribution in [0.2, 0.25) is 0 Å². The van der Waals surface area contributed by atoms with Crippen LogP contribution in [0.15, 0.2) is 36.4 Å². The summed E-state index contributed by atoms with van der Waals surface area (Å²) >= 11 is 0. The van der Waals surface area contributed by atoms with E-state index in [4.69, 9.17) is 24.2 Å². The van der Waals surface area contributed by atoms with Crippen molar-refractivity contribution in [2.45, 2.75) is 65.5 Å². The lowest BCUT2D eigenvalue weighted by Crippen LogP contribution is -2.52. The number of carbonyl (C=O) groups is 9. The number of carbonyl (C=O) groups excluding carboxylic acids is 8. The van der Waals surface area contributed by atoms with E-state index in [1.54, 1.807) is 0 Å². The maximum Gasteiger partial charge on any atom is 0.326 e. The highest BCUT2D eigenvalue weighted by molar-refractivity contribution is 6.02. The van der Waals surface area contributed by atoms with E-state index in [0.29, 0.717) is 0 Å². The fourth-order valence-corrected chi connectivity index (χ4v) is 4.33. The number of hydroxylamine groups is 1. The highest BCUT2D eigenvalue weighted by Crippen LogP contribution is 2.33. The third-order valence-corrected chi connectivity index (χ3v) is 6.42. The molecule has 0 bridgehead atoms. The second-order valence-electron chi connectivity index (χ2n) is 10.5. The predicted molar refractivity (Wildman–Crippen MR) is 170 cm³/mol. The summed E-state index contributed by atoms with van der Waals surface area (Å²) in [6.45, 7) is 4.12. The molecule has 6 N–H and O–H groups in total. The highest BCUT2D eigenvalue weighted by atomic mass is 16.6. The summed E-state index contributed by atoms with van der Waals surface area (Å²) in [6.07, 6.45) is -1.20. The quantitative estimate of drug-likeness (QED) is 0.0429. The van der Waals surface area contributed by atoms with Crippen LogP contribution in [0.1, 0.15) is 74.1 Å². The van der Waals surface area contributed by atoms with Crippen molar-refractivity contribution >= 4 is 53.5 Å². The largest absolute Gasteiger partial charge is 0.480 e. The number of benzene rings is 2. The lowest BCUT2D eigenvalue weighted by Gasteiger charge is -2.22. The molecule has 0 aliphatic heterocycles. The highest BCUT2D eigenvalue weighted by Gasteiger charge is 2.29. The molecule has 0 aromatic heterocycles. The average molecular weight is 717 g/mol. The molecule has 0 fully saturated rings. The van der Waals surface area contributed by atoms with Crippen LogP contribution in [0.3, 0.4) is 0 Å². The third kappa shape index (κ3) is 13.2. The summed E-state index contributed by atoms with van der Waals surface area (Å²) < 4.78 is 20.3. The number of carboxylic acids is 1. The minimum atomic E-state index is -1.64. The number of nitrogens with one attached hydrogen (secondary N) is 4. The molecule has 2 aromatic carbocycles. The van der Waals surface area contributed by atoms with E-state index in [9.17, 15) is 48.3 Å². The Bertz CT molecular complexity index is 1690. The number of aliphatic carboxylic acids is 1. The molecule has 4 amide bonds. The van der Waals surface area contributed by atoms with Gasteiger partial charge in [0.1, 0.15) is 12.1 Å². The van der Waals surface area contributed by atoms with Crippen molar-refractivity contribution in [3.8, 4) is 23.0 Å². The first-order chi connectivity index (χ1) is 24.0. The molecule has 2 rings (SSSR count). The van der Waals surface area contributed by atoms with Gasteiger partial charge in [-0.05, 0) is 43.5 Å². The van der Waals surface area contributed by atoms with Crippen molar-refractivity contribution in [1.29, 1.82) is 0 Å². The Morgan fingerprint density at radius 3 is 1.59 bits per heavy atom. The number of esters is 4. The maximum atomic E-state index is 13.5. The number of ether oxygens (including phenoxy) is 4. The number of para-hydroxylation sites is 2. The molecule has 0 unspecified atom stereocenters. The van der Waals surface area contributed by atoms with Crippen molar-refractivity contribution in [3.05, 3.63) is 47.5 Å². The third-order valence-electron chi connectivity index (χ3n) is 6.42. The predicted octanol–water partition coefficient (Wildman–Crippen LogP) is 0.551. The number of amides is 4. The van der Waals surface area contributed by atoms with Crippen LogP contribution in [0.25, 0.3) is 0 Å². The van der Waals surface area contributed by atoms with E-state index in [-0.39, 0.29) is 47.8 Å². The molecule has 0 aliphatic rings. The first-order valence-electron chi connectivity index (χ1n) is 15.1.